The third-order valence-corrected chi connectivity index (χ3v) is 2.45. The molecule has 0 amide bonds. The first-order chi connectivity index (χ1) is 6.66. The Morgan fingerprint density at radius 3 is 2.86 bits per heavy atom. The van der Waals surface area contributed by atoms with Crippen molar-refractivity contribution in [3.8, 4) is 0 Å². The highest BCUT2D eigenvalue weighted by molar-refractivity contribution is 6.31. The minimum absolute atomic E-state index is 0.774. The van der Waals surface area contributed by atoms with E-state index in [0.717, 1.165) is 17.1 Å². The van der Waals surface area contributed by atoms with Crippen LogP contribution in [0.25, 0.3) is 10.9 Å². The number of H-pyrrole nitrogens is 1. The van der Waals surface area contributed by atoms with Gasteiger partial charge < -0.3 is 9.88 Å². The summed E-state index contributed by atoms with van der Waals surface area (Å²) < 4.78 is 0. The summed E-state index contributed by atoms with van der Waals surface area (Å²) in [5, 5.41) is 2.03. The number of nitrogens with zero attached hydrogens (tertiary/aromatic N) is 1. The monoisotopic (exact) mass is 208 g/mol. The number of aromatic nitrogens is 1. The Balaban J connectivity index is 2.47. The molecule has 0 saturated carbocycles. The number of fused-ring (bicyclic) bond motifs is 1. The number of aromatic amines is 1. The molecule has 1 aromatic heterocycles. The van der Waals surface area contributed by atoms with Gasteiger partial charge in [0.1, 0.15) is 0 Å². The molecule has 14 heavy (non-hydrogen) atoms. The average molecular weight is 209 g/mol. The van der Waals surface area contributed by atoms with Gasteiger partial charge in [0, 0.05) is 28.7 Å². The molecule has 0 unspecified atom stereocenters. The van der Waals surface area contributed by atoms with Crippen LogP contribution in [-0.4, -0.2) is 24.0 Å². The van der Waals surface area contributed by atoms with Crippen molar-refractivity contribution in [2.24, 2.45) is 0 Å². The zero-order chi connectivity index (χ0) is 10.1. The number of hydrogen-bond donors (Lipinski definition) is 1. The molecule has 1 N–H and O–H groups in total. The second-order valence-electron chi connectivity index (χ2n) is 3.74. The largest absolute Gasteiger partial charge is 0.361 e. The van der Waals surface area contributed by atoms with Crippen molar-refractivity contribution in [2.75, 3.05) is 14.1 Å². The Morgan fingerprint density at radius 1 is 1.36 bits per heavy atom. The van der Waals surface area contributed by atoms with E-state index in [1.54, 1.807) is 0 Å². The van der Waals surface area contributed by atoms with Crippen LogP contribution in [0.15, 0.2) is 24.4 Å². The summed E-state index contributed by atoms with van der Waals surface area (Å²) in [6.45, 7) is 0.946. The summed E-state index contributed by atoms with van der Waals surface area (Å²) >= 11 is 5.90. The van der Waals surface area contributed by atoms with Gasteiger partial charge in [-0.3, -0.25) is 0 Å². The van der Waals surface area contributed by atoms with E-state index in [9.17, 15) is 0 Å². The SMILES string of the molecule is CN(C)Cc1c[nH]c2cc(Cl)ccc12. The van der Waals surface area contributed by atoms with Gasteiger partial charge in [-0.25, -0.2) is 0 Å². The summed E-state index contributed by atoms with van der Waals surface area (Å²) in [6, 6.07) is 5.94. The lowest BCUT2D eigenvalue weighted by atomic mass is 10.2. The van der Waals surface area contributed by atoms with Gasteiger partial charge in [-0.15, -0.1) is 0 Å². The van der Waals surface area contributed by atoms with Gasteiger partial charge >= 0.3 is 0 Å². The second kappa shape index (κ2) is 3.64. The van der Waals surface area contributed by atoms with E-state index in [-0.39, 0.29) is 0 Å². The van der Waals surface area contributed by atoms with Crippen LogP contribution in [-0.2, 0) is 6.54 Å². The van der Waals surface area contributed by atoms with Gasteiger partial charge in [0.2, 0.25) is 0 Å². The molecular weight excluding hydrogens is 196 g/mol. The molecule has 3 heteroatoms. The number of benzene rings is 1. The van der Waals surface area contributed by atoms with Crippen molar-refractivity contribution in [2.45, 2.75) is 6.54 Å². The van der Waals surface area contributed by atoms with E-state index in [4.69, 9.17) is 11.6 Å². The van der Waals surface area contributed by atoms with E-state index in [1.807, 2.05) is 18.3 Å². The molecule has 0 radical (unpaired) electrons. The van der Waals surface area contributed by atoms with Gasteiger partial charge in [-0.2, -0.15) is 0 Å². The lowest BCUT2D eigenvalue weighted by Crippen LogP contribution is -2.09. The van der Waals surface area contributed by atoms with Crippen molar-refractivity contribution in [3.05, 3.63) is 35.0 Å². The minimum atomic E-state index is 0.774. The van der Waals surface area contributed by atoms with E-state index >= 15 is 0 Å². The molecular formula is C11H13ClN2. The van der Waals surface area contributed by atoms with Crippen molar-refractivity contribution in [3.63, 3.8) is 0 Å². The summed E-state index contributed by atoms with van der Waals surface area (Å²) in [7, 11) is 4.13. The zero-order valence-corrected chi connectivity index (χ0v) is 9.10. The maximum absolute atomic E-state index is 5.90. The van der Waals surface area contributed by atoms with Crippen molar-refractivity contribution in [1.29, 1.82) is 0 Å². The zero-order valence-electron chi connectivity index (χ0n) is 8.34. The van der Waals surface area contributed by atoms with Crippen LogP contribution in [0.3, 0.4) is 0 Å². The average Bonchev–Trinajstić information content (AvgIpc) is 2.47. The third-order valence-electron chi connectivity index (χ3n) is 2.22. The van der Waals surface area contributed by atoms with Crippen LogP contribution in [0, 0.1) is 0 Å². The quantitative estimate of drug-likeness (QED) is 0.804. The summed E-state index contributed by atoms with van der Waals surface area (Å²) in [4.78, 5) is 5.37. The fraction of sp³-hybridized carbons (Fsp3) is 0.273. The van der Waals surface area contributed by atoms with Crippen LogP contribution in [0.1, 0.15) is 5.56 Å². The highest BCUT2D eigenvalue weighted by Crippen LogP contribution is 2.22. The fourth-order valence-corrected chi connectivity index (χ4v) is 1.80. The number of rotatable bonds is 2. The van der Waals surface area contributed by atoms with Gasteiger partial charge in [-0.05, 0) is 31.8 Å². The first kappa shape index (κ1) is 9.56. The van der Waals surface area contributed by atoms with Crippen LogP contribution in [0.5, 0.6) is 0 Å². The first-order valence-electron chi connectivity index (χ1n) is 4.57. The molecule has 2 nitrogen and oxygen atoms in total. The van der Waals surface area contributed by atoms with Gasteiger partial charge in [0.05, 0.1) is 0 Å². The van der Waals surface area contributed by atoms with E-state index in [1.165, 1.54) is 10.9 Å². The normalized spacial score (nSPS) is 11.4. The molecule has 2 aromatic rings. The molecule has 0 bridgehead atoms. The highest BCUT2D eigenvalue weighted by Gasteiger charge is 2.04. The molecule has 74 valence electrons. The van der Waals surface area contributed by atoms with Gasteiger partial charge in [-0.1, -0.05) is 17.7 Å². The van der Waals surface area contributed by atoms with E-state index in [0.29, 0.717) is 0 Å². The maximum Gasteiger partial charge on any atom is 0.0472 e. The number of halogens is 1. The smallest absolute Gasteiger partial charge is 0.0472 e. The lowest BCUT2D eigenvalue weighted by molar-refractivity contribution is 0.404. The molecule has 0 fully saturated rings. The van der Waals surface area contributed by atoms with E-state index < -0.39 is 0 Å². The predicted molar refractivity (Wildman–Crippen MR) is 60.7 cm³/mol. The highest BCUT2D eigenvalue weighted by atomic mass is 35.5. The molecule has 0 spiro atoms. The predicted octanol–water partition coefficient (Wildman–Crippen LogP) is 2.88. The maximum atomic E-state index is 5.90. The molecule has 0 aliphatic heterocycles. The molecule has 2 rings (SSSR count). The summed E-state index contributed by atoms with van der Waals surface area (Å²) in [5.74, 6) is 0. The third kappa shape index (κ3) is 1.76. The lowest BCUT2D eigenvalue weighted by Gasteiger charge is -2.07. The van der Waals surface area contributed by atoms with Crippen LogP contribution in [0.4, 0.5) is 0 Å². The fourth-order valence-electron chi connectivity index (χ4n) is 1.63. The Bertz CT molecular complexity index is 445. The standard InChI is InChI=1S/C11H13ClN2/c1-14(2)7-8-6-13-11-5-9(12)3-4-10(8)11/h3-6,13H,7H2,1-2H3. The molecule has 0 saturated heterocycles. The van der Waals surface area contributed by atoms with Crippen LogP contribution >= 0.6 is 11.6 Å². The topological polar surface area (TPSA) is 19.0 Å². The summed E-state index contributed by atoms with van der Waals surface area (Å²) in [5.41, 5.74) is 2.41. The van der Waals surface area contributed by atoms with Crippen molar-refractivity contribution >= 4 is 22.5 Å². The Hall–Kier alpha value is -0.990. The number of nitrogens with one attached hydrogen (secondary N) is 1. The van der Waals surface area contributed by atoms with Crippen LogP contribution < -0.4 is 0 Å². The Morgan fingerprint density at radius 2 is 2.14 bits per heavy atom. The van der Waals surface area contributed by atoms with Gasteiger partial charge in [0.15, 0.2) is 0 Å². The molecule has 1 aromatic carbocycles. The van der Waals surface area contributed by atoms with Crippen molar-refractivity contribution in [1.82, 2.24) is 9.88 Å². The Kier molecular flexibility index (Phi) is 2.48. The molecule has 0 atom stereocenters. The summed E-state index contributed by atoms with van der Waals surface area (Å²) in [6.07, 6.45) is 2.04. The second-order valence-corrected chi connectivity index (χ2v) is 4.18. The Labute approximate surface area is 88.5 Å². The molecule has 0 aliphatic rings. The number of hydrogen-bond acceptors (Lipinski definition) is 1. The van der Waals surface area contributed by atoms with Crippen LogP contribution in [0.2, 0.25) is 5.02 Å². The molecule has 0 aliphatic carbocycles. The van der Waals surface area contributed by atoms with E-state index in [2.05, 4.69) is 30.0 Å². The molecule has 1 heterocycles. The first-order valence-corrected chi connectivity index (χ1v) is 4.95. The van der Waals surface area contributed by atoms with Gasteiger partial charge in [0.25, 0.3) is 0 Å². The van der Waals surface area contributed by atoms with Crippen molar-refractivity contribution < 1.29 is 0 Å². The minimum Gasteiger partial charge on any atom is -0.361 e.